The van der Waals surface area contributed by atoms with Crippen molar-refractivity contribution in [1.29, 1.82) is 0 Å². The number of carbonyl (C=O) groups is 1. The number of carbonyl (C=O) groups excluding carboxylic acids is 1. The van der Waals surface area contributed by atoms with E-state index in [1.165, 1.54) is 28.6 Å². The number of thiophene rings is 1. The van der Waals surface area contributed by atoms with Crippen molar-refractivity contribution in [3.8, 4) is 5.75 Å². The molecule has 4 aromatic rings. The number of hydrogen-bond acceptors (Lipinski definition) is 5. The van der Waals surface area contributed by atoms with Crippen LogP contribution in [0.15, 0.2) is 47.5 Å². The molecule has 2 aromatic heterocycles. The van der Waals surface area contributed by atoms with Gasteiger partial charge in [0, 0.05) is 18.5 Å². The van der Waals surface area contributed by atoms with Crippen molar-refractivity contribution in [2.45, 2.75) is 45.2 Å². The fraction of sp³-hybridized carbons (Fsp3) is 0.346. The van der Waals surface area contributed by atoms with Crippen molar-refractivity contribution in [1.82, 2.24) is 14.5 Å². The number of rotatable bonds is 5. The van der Waals surface area contributed by atoms with Gasteiger partial charge in [-0.2, -0.15) is 0 Å². The molecule has 7 heteroatoms. The maximum Gasteiger partial charge on any atom is 0.262 e. The second kappa shape index (κ2) is 8.98. The molecule has 1 aliphatic carbocycles. The van der Waals surface area contributed by atoms with Gasteiger partial charge in [0.2, 0.25) is 5.91 Å². The van der Waals surface area contributed by atoms with Crippen LogP contribution in [0.4, 0.5) is 0 Å². The number of benzene rings is 2. The molecule has 2 heterocycles. The summed E-state index contributed by atoms with van der Waals surface area (Å²) >= 11 is 1.64. The first-order chi connectivity index (χ1) is 16.0. The Labute approximate surface area is 196 Å². The van der Waals surface area contributed by atoms with Gasteiger partial charge in [-0.1, -0.05) is 24.6 Å². The van der Waals surface area contributed by atoms with Crippen LogP contribution in [0.25, 0.3) is 21.0 Å². The minimum Gasteiger partial charge on any atom is -0.497 e. The third kappa shape index (κ3) is 4.25. The van der Waals surface area contributed by atoms with Crippen LogP contribution in [0.1, 0.15) is 35.3 Å². The summed E-state index contributed by atoms with van der Waals surface area (Å²) in [6.07, 6.45) is 6.94. The highest BCUT2D eigenvalue weighted by atomic mass is 32.1. The zero-order valence-corrected chi connectivity index (χ0v) is 19.8. The number of methoxy groups -OCH3 is 1. The molecule has 0 aliphatic heterocycles. The SMILES string of the molecule is COc1ccc2cc(CN(C)C(=O)Cn3cnc4sc5c(c4c3=O)CCCCC5)ccc2c1. The van der Waals surface area contributed by atoms with Crippen molar-refractivity contribution in [2.75, 3.05) is 14.2 Å². The molecule has 0 saturated heterocycles. The van der Waals surface area contributed by atoms with Crippen LogP contribution in [0, 0.1) is 0 Å². The molecule has 0 unspecified atom stereocenters. The van der Waals surface area contributed by atoms with Crippen LogP contribution < -0.4 is 10.3 Å². The maximum atomic E-state index is 13.2. The molecule has 6 nitrogen and oxygen atoms in total. The van der Waals surface area contributed by atoms with Crippen LogP contribution in [-0.2, 0) is 30.7 Å². The van der Waals surface area contributed by atoms with E-state index in [4.69, 9.17) is 4.74 Å². The van der Waals surface area contributed by atoms with Gasteiger partial charge in [-0.3, -0.25) is 14.2 Å². The number of ether oxygens (including phenoxy) is 1. The van der Waals surface area contributed by atoms with Gasteiger partial charge in [0.05, 0.1) is 18.8 Å². The van der Waals surface area contributed by atoms with E-state index in [9.17, 15) is 9.59 Å². The highest BCUT2D eigenvalue weighted by Gasteiger charge is 2.20. The first-order valence-electron chi connectivity index (χ1n) is 11.3. The van der Waals surface area contributed by atoms with Crippen molar-refractivity contribution in [3.63, 3.8) is 0 Å². The number of nitrogens with zero attached hydrogens (tertiary/aromatic N) is 3. The second-order valence-corrected chi connectivity index (χ2v) is 9.80. The highest BCUT2D eigenvalue weighted by Crippen LogP contribution is 2.32. The van der Waals surface area contributed by atoms with E-state index in [-0.39, 0.29) is 18.0 Å². The lowest BCUT2D eigenvalue weighted by atomic mass is 10.1. The van der Waals surface area contributed by atoms with Gasteiger partial charge < -0.3 is 9.64 Å². The van der Waals surface area contributed by atoms with Gasteiger partial charge in [-0.05, 0) is 65.8 Å². The summed E-state index contributed by atoms with van der Waals surface area (Å²) in [7, 11) is 3.43. The van der Waals surface area contributed by atoms with Crippen LogP contribution in [0.5, 0.6) is 5.75 Å². The first kappa shape index (κ1) is 21.6. The van der Waals surface area contributed by atoms with Gasteiger partial charge >= 0.3 is 0 Å². The van der Waals surface area contributed by atoms with Crippen LogP contribution in [-0.4, -0.2) is 34.5 Å². The predicted molar refractivity (Wildman–Crippen MR) is 132 cm³/mol. The topological polar surface area (TPSA) is 64.4 Å². The lowest BCUT2D eigenvalue weighted by Gasteiger charge is -2.18. The van der Waals surface area contributed by atoms with Gasteiger partial charge in [-0.15, -0.1) is 11.3 Å². The molecule has 5 rings (SSSR count). The normalized spacial score (nSPS) is 13.6. The Bertz CT molecular complexity index is 1410. The molecule has 1 aliphatic rings. The Morgan fingerprint density at radius 1 is 1.12 bits per heavy atom. The molecule has 0 atom stereocenters. The Morgan fingerprint density at radius 2 is 1.91 bits per heavy atom. The summed E-state index contributed by atoms with van der Waals surface area (Å²) in [6.45, 7) is 0.465. The largest absolute Gasteiger partial charge is 0.497 e. The third-order valence-electron chi connectivity index (χ3n) is 6.45. The van der Waals surface area contributed by atoms with Crippen LogP contribution >= 0.6 is 11.3 Å². The van der Waals surface area contributed by atoms with Crippen molar-refractivity contribution >= 4 is 38.2 Å². The molecular formula is C26H27N3O3S. The molecule has 1 amide bonds. The molecule has 33 heavy (non-hydrogen) atoms. The standard InChI is InChI=1S/C26H27N3O3S/c1-28(14-17-8-9-19-13-20(32-2)11-10-18(19)12-17)23(30)15-29-16-27-25-24(26(29)31)21-6-4-3-5-7-22(21)33-25/h8-13,16H,3-7,14-15H2,1-2H3. The molecule has 0 spiro atoms. The van der Waals surface area contributed by atoms with E-state index in [1.807, 2.05) is 30.3 Å². The molecule has 2 aromatic carbocycles. The summed E-state index contributed by atoms with van der Waals surface area (Å²) in [5, 5.41) is 2.91. The Morgan fingerprint density at radius 3 is 2.76 bits per heavy atom. The van der Waals surface area contributed by atoms with E-state index >= 15 is 0 Å². The van der Waals surface area contributed by atoms with Gasteiger partial charge in [-0.25, -0.2) is 4.98 Å². The molecular weight excluding hydrogens is 434 g/mol. The van der Waals surface area contributed by atoms with Crippen molar-refractivity contribution in [3.05, 3.63) is 69.1 Å². The zero-order chi connectivity index (χ0) is 22.9. The summed E-state index contributed by atoms with van der Waals surface area (Å²) in [6, 6.07) is 12.1. The predicted octanol–water partition coefficient (Wildman–Crippen LogP) is 4.55. The number of aryl methyl sites for hydroxylation is 2. The van der Waals surface area contributed by atoms with Gasteiger partial charge in [0.15, 0.2) is 0 Å². The number of amides is 1. The van der Waals surface area contributed by atoms with E-state index in [2.05, 4.69) is 11.1 Å². The Hall–Kier alpha value is -3.19. The number of likely N-dealkylation sites (N-methyl/N-ethyl adjacent to an activating group) is 1. The smallest absolute Gasteiger partial charge is 0.262 e. The maximum absolute atomic E-state index is 13.2. The molecule has 0 N–H and O–H groups in total. The zero-order valence-electron chi connectivity index (χ0n) is 19.0. The summed E-state index contributed by atoms with van der Waals surface area (Å²) < 4.78 is 6.75. The monoisotopic (exact) mass is 461 g/mol. The third-order valence-corrected chi connectivity index (χ3v) is 7.65. The van der Waals surface area contributed by atoms with Gasteiger partial charge in [0.1, 0.15) is 17.1 Å². The summed E-state index contributed by atoms with van der Waals surface area (Å²) in [5.74, 6) is 0.704. The van der Waals surface area contributed by atoms with E-state index in [0.29, 0.717) is 6.54 Å². The molecule has 170 valence electrons. The average Bonchev–Trinajstić information content (AvgIpc) is 3.02. The van der Waals surface area contributed by atoms with Crippen molar-refractivity contribution < 1.29 is 9.53 Å². The first-order valence-corrected chi connectivity index (χ1v) is 12.2. The van der Waals surface area contributed by atoms with Gasteiger partial charge in [0.25, 0.3) is 5.56 Å². The summed E-state index contributed by atoms with van der Waals surface area (Å²) in [5.41, 5.74) is 2.10. The van der Waals surface area contributed by atoms with E-state index in [1.54, 1.807) is 30.4 Å². The number of hydrogen-bond donors (Lipinski definition) is 0. The average molecular weight is 462 g/mol. The molecule has 0 saturated carbocycles. The number of aromatic nitrogens is 2. The Balaban J connectivity index is 1.35. The fourth-order valence-corrected chi connectivity index (χ4v) is 5.82. The van der Waals surface area contributed by atoms with E-state index < -0.39 is 0 Å². The second-order valence-electron chi connectivity index (χ2n) is 8.72. The summed E-state index contributed by atoms with van der Waals surface area (Å²) in [4.78, 5) is 34.5. The lowest BCUT2D eigenvalue weighted by Crippen LogP contribution is -2.33. The Kier molecular flexibility index (Phi) is 5.89. The minimum absolute atomic E-state index is 0.00628. The molecule has 0 radical (unpaired) electrons. The van der Waals surface area contributed by atoms with Crippen molar-refractivity contribution in [2.24, 2.45) is 0 Å². The van der Waals surface area contributed by atoms with E-state index in [0.717, 1.165) is 57.1 Å². The van der Waals surface area contributed by atoms with Crippen LogP contribution in [0.3, 0.4) is 0 Å². The minimum atomic E-state index is -0.116. The number of fused-ring (bicyclic) bond motifs is 4. The molecule has 0 bridgehead atoms. The van der Waals surface area contributed by atoms with Crippen LogP contribution in [0.2, 0.25) is 0 Å². The lowest BCUT2D eigenvalue weighted by molar-refractivity contribution is -0.131. The fourth-order valence-electron chi connectivity index (χ4n) is 4.60. The molecule has 0 fully saturated rings. The quantitative estimate of drug-likeness (QED) is 0.409. The highest BCUT2D eigenvalue weighted by molar-refractivity contribution is 7.18.